The summed E-state index contributed by atoms with van der Waals surface area (Å²) in [5.74, 6) is -0.280. The largest absolute Gasteiger partial charge is 0.380 e. The number of carbonyl (C=O) groups excluding carboxylic acids is 1. The minimum Gasteiger partial charge on any atom is -0.380 e. The molecule has 0 bridgehead atoms. The zero-order valence-electron chi connectivity index (χ0n) is 9.57. The lowest BCUT2D eigenvalue weighted by Gasteiger charge is -2.14. The Morgan fingerprint density at radius 1 is 1.11 bits per heavy atom. The lowest BCUT2D eigenvalue weighted by molar-refractivity contribution is -0.123. The lowest BCUT2D eigenvalue weighted by Crippen LogP contribution is -2.15. The zero-order chi connectivity index (χ0) is 13.1. The molecular weight excluding hydrogens is 271 g/mol. The lowest BCUT2D eigenvalue weighted by atomic mass is 9.94. The number of aliphatic hydroxyl groups is 1. The molecule has 1 aromatic rings. The molecule has 0 heterocycles. The maximum absolute atomic E-state index is 12.1. The molecule has 0 aliphatic heterocycles. The quantitative estimate of drug-likeness (QED) is 0.916. The van der Waals surface area contributed by atoms with Crippen molar-refractivity contribution in [1.82, 2.24) is 0 Å². The summed E-state index contributed by atoms with van der Waals surface area (Å²) in [6.45, 7) is 0. The average Bonchev–Trinajstić information content (AvgIpc) is 2.39. The van der Waals surface area contributed by atoms with Crippen molar-refractivity contribution in [3.05, 3.63) is 57.6 Å². The molecule has 1 unspecified atom stereocenters. The van der Waals surface area contributed by atoms with Crippen molar-refractivity contribution in [2.45, 2.75) is 18.9 Å². The van der Waals surface area contributed by atoms with Crippen molar-refractivity contribution in [3.63, 3.8) is 0 Å². The molecule has 18 heavy (non-hydrogen) atoms. The number of halogens is 2. The molecule has 0 saturated carbocycles. The van der Waals surface area contributed by atoms with E-state index in [0.717, 1.165) is 5.03 Å². The first-order valence-electron chi connectivity index (χ1n) is 5.61. The smallest absolute Gasteiger partial charge is 0.191 e. The number of Topliss-reactive ketones (excluding diaryl/α,β-unsaturated/α-hetero) is 1. The minimum absolute atomic E-state index is 0.280. The van der Waals surface area contributed by atoms with E-state index in [0.29, 0.717) is 29.0 Å². The number of hydrogen-bond acceptors (Lipinski definition) is 2. The highest BCUT2D eigenvalue weighted by atomic mass is 35.5. The number of aliphatic hydroxyl groups excluding tert-OH is 1. The molecule has 1 aliphatic rings. The van der Waals surface area contributed by atoms with E-state index in [2.05, 4.69) is 0 Å². The Balaban J connectivity index is 2.16. The van der Waals surface area contributed by atoms with Crippen LogP contribution in [-0.2, 0) is 4.79 Å². The number of ketones is 1. The number of hydrogen-bond donors (Lipinski definition) is 1. The molecule has 2 nitrogen and oxygen atoms in total. The van der Waals surface area contributed by atoms with Crippen molar-refractivity contribution in [3.8, 4) is 0 Å². The Hall–Kier alpha value is -1.09. The van der Waals surface area contributed by atoms with Crippen molar-refractivity contribution in [2.24, 2.45) is 0 Å². The van der Waals surface area contributed by atoms with Crippen LogP contribution in [0, 0.1) is 0 Å². The molecule has 0 amide bonds. The third-order valence-electron chi connectivity index (χ3n) is 2.85. The van der Waals surface area contributed by atoms with Crippen LogP contribution in [0.15, 0.2) is 47.0 Å². The number of carbonyl (C=O) groups is 1. The van der Waals surface area contributed by atoms with E-state index in [-0.39, 0.29) is 5.78 Å². The van der Waals surface area contributed by atoms with Crippen LogP contribution in [-0.4, -0.2) is 10.9 Å². The molecule has 1 aliphatic carbocycles. The van der Waals surface area contributed by atoms with Gasteiger partial charge in [-0.2, -0.15) is 0 Å². The Labute approximate surface area is 116 Å². The predicted octanol–water partition coefficient (Wildman–Crippen LogP) is 3.79. The first-order valence-corrected chi connectivity index (χ1v) is 6.36. The molecule has 1 atom stereocenters. The third-order valence-corrected chi connectivity index (χ3v) is 3.42. The number of benzene rings is 1. The van der Waals surface area contributed by atoms with E-state index in [9.17, 15) is 9.90 Å². The minimum atomic E-state index is -1.14. The highest BCUT2D eigenvalue weighted by Gasteiger charge is 2.22. The van der Waals surface area contributed by atoms with Gasteiger partial charge in [-0.15, -0.1) is 0 Å². The van der Waals surface area contributed by atoms with Gasteiger partial charge in [0.1, 0.15) is 6.10 Å². The van der Waals surface area contributed by atoms with Gasteiger partial charge in [0, 0.05) is 10.1 Å². The van der Waals surface area contributed by atoms with E-state index in [4.69, 9.17) is 23.2 Å². The molecule has 4 heteroatoms. The van der Waals surface area contributed by atoms with Crippen LogP contribution in [0.4, 0.5) is 0 Å². The monoisotopic (exact) mass is 282 g/mol. The molecule has 0 aromatic heterocycles. The van der Waals surface area contributed by atoms with Gasteiger partial charge < -0.3 is 5.11 Å². The summed E-state index contributed by atoms with van der Waals surface area (Å²) >= 11 is 11.6. The highest BCUT2D eigenvalue weighted by Crippen LogP contribution is 2.26. The maximum atomic E-state index is 12.1. The molecule has 2 rings (SSSR count). The van der Waals surface area contributed by atoms with Crippen molar-refractivity contribution < 1.29 is 9.90 Å². The normalized spacial score (nSPS) is 16.8. The van der Waals surface area contributed by atoms with Crippen LogP contribution in [0.25, 0.3) is 0 Å². The van der Waals surface area contributed by atoms with Gasteiger partial charge in [-0.25, -0.2) is 0 Å². The molecule has 0 spiro atoms. The highest BCUT2D eigenvalue weighted by molar-refractivity contribution is 6.30. The summed E-state index contributed by atoms with van der Waals surface area (Å²) in [5.41, 5.74) is 1.15. The van der Waals surface area contributed by atoms with Crippen LogP contribution < -0.4 is 0 Å². The van der Waals surface area contributed by atoms with Crippen LogP contribution >= 0.6 is 23.2 Å². The fourth-order valence-corrected chi connectivity index (χ4v) is 2.07. The second kappa shape index (κ2) is 5.70. The summed E-state index contributed by atoms with van der Waals surface area (Å²) in [5, 5.41) is 11.3. The first-order chi connectivity index (χ1) is 8.58. The second-order valence-corrected chi connectivity index (χ2v) is 5.05. The molecule has 1 aromatic carbocycles. The van der Waals surface area contributed by atoms with Gasteiger partial charge >= 0.3 is 0 Å². The van der Waals surface area contributed by atoms with E-state index >= 15 is 0 Å². The first kappa shape index (κ1) is 13.3. The third kappa shape index (κ3) is 3.02. The molecule has 0 fully saturated rings. The van der Waals surface area contributed by atoms with Gasteiger partial charge in [0.25, 0.3) is 0 Å². The van der Waals surface area contributed by atoms with Gasteiger partial charge in [0.15, 0.2) is 5.78 Å². The van der Waals surface area contributed by atoms with E-state index in [1.54, 1.807) is 36.4 Å². The zero-order valence-corrected chi connectivity index (χ0v) is 11.1. The predicted molar refractivity (Wildman–Crippen MR) is 72.7 cm³/mol. The number of allylic oxidation sites excluding steroid dienone is 3. The molecule has 0 saturated heterocycles. The van der Waals surface area contributed by atoms with Crippen LogP contribution in [0.1, 0.15) is 24.5 Å². The molecule has 1 N–H and O–H groups in total. The standard InChI is InChI=1S/C14H12Cl2O2/c15-11-5-1-9(2-6-11)13(17)14(18)10-3-7-12(16)8-4-10/h1-3,5-7,13,17H,4,8H2. The topological polar surface area (TPSA) is 37.3 Å². The Kier molecular flexibility index (Phi) is 4.23. The molecule has 0 radical (unpaired) electrons. The maximum Gasteiger partial charge on any atom is 0.191 e. The Bertz CT molecular complexity index is 515. The van der Waals surface area contributed by atoms with Crippen LogP contribution in [0.2, 0.25) is 5.02 Å². The SMILES string of the molecule is O=C(C1=CC=C(Cl)CC1)C(O)c1ccc(Cl)cc1. The molecule has 94 valence electrons. The van der Waals surface area contributed by atoms with Gasteiger partial charge in [-0.1, -0.05) is 41.4 Å². The average molecular weight is 283 g/mol. The van der Waals surface area contributed by atoms with E-state index in [1.807, 2.05) is 0 Å². The van der Waals surface area contributed by atoms with Crippen molar-refractivity contribution in [2.75, 3.05) is 0 Å². The number of rotatable bonds is 3. The second-order valence-electron chi connectivity index (χ2n) is 4.12. The van der Waals surface area contributed by atoms with Crippen molar-refractivity contribution >= 4 is 29.0 Å². The van der Waals surface area contributed by atoms with Gasteiger partial charge in [0.2, 0.25) is 0 Å². The summed E-state index contributed by atoms with van der Waals surface area (Å²) in [7, 11) is 0. The molecular formula is C14H12Cl2O2. The fraction of sp³-hybridized carbons (Fsp3) is 0.214. The Morgan fingerprint density at radius 2 is 1.78 bits per heavy atom. The summed E-state index contributed by atoms with van der Waals surface area (Å²) in [4.78, 5) is 12.1. The van der Waals surface area contributed by atoms with E-state index < -0.39 is 6.10 Å². The van der Waals surface area contributed by atoms with Crippen molar-refractivity contribution in [1.29, 1.82) is 0 Å². The van der Waals surface area contributed by atoms with Gasteiger partial charge in [-0.05, 0) is 42.2 Å². The summed E-state index contributed by atoms with van der Waals surface area (Å²) < 4.78 is 0. The van der Waals surface area contributed by atoms with Crippen LogP contribution in [0.3, 0.4) is 0 Å². The van der Waals surface area contributed by atoms with Crippen LogP contribution in [0.5, 0.6) is 0 Å². The Morgan fingerprint density at radius 3 is 2.33 bits per heavy atom. The van der Waals surface area contributed by atoms with Gasteiger partial charge in [-0.3, -0.25) is 4.79 Å². The van der Waals surface area contributed by atoms with E-state index in [1.165, 1.54) is 0 Å². The summed E-state index contributed by atoms with van der Waals surface area (Å²) in [6.07, 6.45) is 3.45. The summed E-state index contributed by atoms with van der Waals surface area (Å²) in [6, 6.07) is 6.60. The van der Waals surface area contributed by atoms with Gasteiger partial charge in [0.05, 0.1) is 0 Å². The fourth-order valence-electron chi connectivity index (χ4n) is 1.79.